The van der Waals surface area contributed by atoms with E-state index in [9.17, 15) is 14.4 Å². The zero-order valence-electron chi connectivity index (χ0n) is 17.4. The molecular weight excluding hydrogens is 436 g/mol. The van der Waals surface area contributed by atoms with Gasteiger partial charge in [0.2, 0.25) is 0 Å². The maximum Gasteiger partial charge on any atom is 0.333 e. The molecule has 0 bridgehead atoms. The van der Waals surface area contributed by atoms with E-state index >= 15 is 0 Å². The van der Waals surface area contributed by atoms with E-state index in [0.717, 1.165) is 4.57 Å². The van der Waals surface area contributed by atoms with Crippen LogP contribution in [0.2, 0.25) is 5.02 Å². The third kappa shape index (κ3) is 3.63. The van der Waals surface area contributed by atoms with Crippen molar-refractivity contribution in [3.8, 4) is 17.2 Å². The van der Waals surface area contributed by atoms with Crippen LogP contribution < -0.4 is 26.0 Å². The van der Waals surface area contributed by atoms with Crippen molar-refractivity contribution in [2.24, 2.45) is 7.05 Å². The highest BCUT2D eigenvalue weighted by molar-refractivity contribution is 6.30. The number of aryl methyl sites for hydroxylation is 1. The number of carbonyl (C=O) groups is 1. The largest absolute Gasteiger partial charge is 0.493 e. The molecule has 4 rings (SSSR count). The fraction of sp³-hybridized carbons (Fsp3) is 0.136. The number of hydrogen-bond acceptors (Lipinski definition) is 5. The molecule has 4 aromatic rings. The van der Waals surface area contributed by atoms with Gasteiger partial charge in [0.05, 0.1) is 31.0 Å². The van der Waals surface area contributed by atoms with Crippen molar-refractivity contribution in [3.05, 3.63) is 80.1 Å². The maximum atomic E-state index is 13.1. The average Bonchev–Trinajstić information content (AvgIpc) is 3.11. The Bertz CT molecular complexity index is 1450. The highest BCUT2D eigenvalue weighted by Crippen LogP contribution is 2.30. The Labute approximate surface area is 186 Å². The molecule has 2 N–H and O–H groups in total. The number of aromatic nitrogens is 3. The van der Waals surface area contributed by atoms with Crippen molar-refractivity contribution in [1.82, 2.24) is 14.1 Å². The number of hydrogen-bond donors (Lipinski definition) is 2. The lowest BCUT2D eigenvalue weighted by atomic mass is 10.2. The average molecular weight is 455 g/mol. The number of benzene rings is 2. The van der Waals surface area contributed by atoms with Crippen LogP contribution in [0.25, 0.3) is 16.7 Å². The Morgan fingerprint density at radius 1 is 1.03 bits per heavy atom. The minimum atomic E-state index is -0.670. The van der Waals surface area contributed by atoms with Crippen LogP contribution in [0.15, 0.2) is 58.3 Å². The van der Waals surface area contributed by atoms with Crippen LogP contribution in [0.3, 0.4) is 0 Å². The summed E-state index contributed by atoms with van der Waals surface area (Å²) in [5.41, 5.74) is 0.0638. The van der Waals surface area contributed by atoms with Crippen LogP contribution in [0.4, 0.5) is 5.69 Å². The molecule has 0 aliphatic heterocycles. The Hall–Kier alpha value is -3.98. The lowest BCUT2D eigenvalue weighted by Crippen LogP contribution is -2.34. The summed E-state index contributed by atoms with van der Waals surface area (Å²) >= 11 is 5.90. The number of aromatic amines is 1. The Balaban J connectivity index is 1.78. The van der Waals surface area contributed by atoms with E-state index < -0.39 is 17.2 Å². The molecule has 0 aliphatic rings. The number of rotatable bonds is 5. The number of amides is 1. The van der Waals surface area contributed by atoms with Crippen molar-refractivity contribution < 1.29 is 14.3 Å². The van der Waals surface area contributed by atoms with Crippen molar-refractivity contribution in [2.75, 3.05) is 19.5 Å². The minimum absolute atomic E-state index is 0.144. The first-order chi connectivity index (χ1) is 15.3. The van der Waals surface area contributed by atoms with Gasteiger partial charge in [-0.1, -0.05) is 11.6 Å². The van der Waals surface area contributed by atoms with Crippen LogP contribution in [0, 0.1) is 0 Å². The molecule has 0 saturated heterocycles. The van der Waals surface area contributed by atoms with Crippen molar-refractivity contribution >= 4 is 34.2 Å². The zero-order valence-corrected chi connectivity index (χ0v) is 18.2. The van der Waals surface area contributed by atoms with E-state index in [4.69, 9.17) is 21.1 Å². The predicted octanol–water partition coefficient (Wildman–Crippen LogP) is 2.94. The van der Waals surface area contributed by atoms with Gasteiger partial charge in [0, 0.05) is 30.0 Å². The SMILES string of the molecule is COc1ccc(NC(=O)c2cn(C)c3c(=O)n(-c4ccc(Cl)cc4)c(=O)[nH]c23)cc1OC. The van der Waals surface area contributed by atoms with Gasteiger partial charge in [-0.05, 0) is 36.4 Å². The first-order valence-corrected chi connectivity index (χ1v) is 9.85. The summed E-state index contributed by atoms with van der Waals surface area (Å²) in [6.07, 6.45) is 1.49. The maximum absolute atomic E-state index is 13.1. The second kappa shape index (κ2) is 8.27. The predicted molar refractivity (Wildman–Crippen MR) is 122 cm³/mol. The molecule has 2 aromatic carbocycles. The van der Waals surface area contributed by atoms with E-state index in [1.165, 1.54) is 25.0 Å². The summed E-state index contributed by atoms with van der Waals surface area (Å²) in [6, 6.07) is 11.2. The normalized spacial score (nSPS) is 10.9. The van der Waals surface area contributed by atoms with Crippen molar-refractivity contribution in [2.45, 2.75) is 0 Å². The fourth-order valence-electron chi connectivity index (χ4n) is 3.48. The van der Waals surface area contributed by atoms with Crippen molar-refractivity contribution in [3.63, 3.8) is 0 Å². The van der Waals surface area contributed by atoms with E-state index in [1.54, 1.807) is 49.5 Å². The number of nitrogens with zero attached hydrogens (tertiary/aromatic N) is 2. The van der Waals surface area contributed by atoms with Crippen LogP contribution in [0.1, 0.15) is 10.4 Å². The van der Waals surface area contributed by atoms with E-state index in [1.807, 2.05) is 0 Å². The molecule has 0 fully saturated rings. The number of anilines is 1. The monoisotopic (exact) mass is 454 g/mol. The lowest BCUT2D eigenvalue weighted by molar-refractivity contribution is 0.102. The Morgan fingerprint density at radius 2 is 1.72 bits per heavy atom. The van der Waals surface area contributed by atoms with Crippen molar-refractivity contribution in [1.29, 1.82) is 0 Å². The third-order valence-corrected chi connectivity index (χ3v) is 5.25. The van der Waals surface area contributed by atoms with Gasteiger partial charge in [-0.3, -0.25) is 9.59 Å². The number of nitrogens with one attached hydrogen (secondary N) is 2. The van der Waals surface area contributed by atoms with Crippen LogP contribution in [-0.4, -0.2) is 34.2 Å². The first kappa shape index (κ1) is 21.3. The molecule has 2 aromatic heterocycles. The summed E-state index contributed by atoms with van der Waals surface area (Å²) in [5, 5.41) is 3.23. The van der Waals surface area contributed by atoms with Crippen LogP contribution in [-0.2, 0) is 7.05 Å². The molecule has 1 amide bonds. The molecule has 0 radical (unpaired) electrons. The summed E-state index contributed by atoms with van der Waals surface area (Å²) in [5.74, 6) is 0.465. The number of fused-ring (bicyclic) bond motifs is 1. The number of methoxy groups -OCH3 is 2. The molecular formula is C22H19ClN4O5. The summed E-state index contributed by atoms with van der Waals surface area (Å²) in [7, 11) is 4.63. The van der Waals surface area contributed by atoms with Gasteiger partial charge in [0.25, 0.3) is 11.5 Å². The zero-order chi connectivity index (χ0) is 23.0. The summed E-state index contributed by atoms with van der Waals surface area (Å²) in [4.78, 5) is 41.5. The summed E-state index contributed by atoms with van der Waals surface area (Å²) in [6.45, 7) is 0. The van der Waals surface area contributed by atoms with E-state index in [2.05, 4.69) is 10.3 Å². The fourth-order valence-corrected chi connectivity index (χ4v) is 3.61. The molecule has 0 atom stereocenters. The van der Waals surface area contributed by atoms with Gasteiger partial charge in [0.15, 0.2) is 11.5 Å². The van der Waals surface area contributed by atoms with Crippen LogP contribution >= 0.6 is 11.6 Å². The molecule has 0 spiro atoms. The molecule has 0 unspecified atom stereocenters. The van der Waals surface area contributed by atoms with Gasteiger partial charge in [-0.25, -0.2) is 9.36 Å². The first-order valence-electron chi connectivity index (χ1n) is 9.47. The standard InChI is InChI=1S/C22H19ClN4O5/c1-26-11-15(20(28)24-13-6-9-16(31-2)17(10-13)32-3)18-19(26)21(29)27(22(30)25-18)14-7-4-12(23)5-8-14/h4-11H,1-3H3,(H,24,28)(H,25,30). The highest BCUT2D eigenvalue weighted by Gasteiger charge is 2.20. The number of halogens is 1. The second-order valence-corrected chi connectivity index (χ2v) is 7.38. The van der Waals surface area contributed by atoms with Gasteiger partial charge < -0.3 is 24.3 Å². The molecule has 2 heterocycles. The van der Waals surface area contributed by atoms with Gasteiger partial charge in [-0.2, -0.15) is 0 Å². The van der Waals surface area contributed by atoms with Gasteiger partial charge >= 0.3 is 5.69 Å². The highest BCUT2D eigenvalue weighted by atomic mass is 35.5. The third-order valence-electron chi connectivity index (χ3n) is 4.99. The second-order valence-electron chi connectivity index (χ2n) is 6.95. The number of H-pyrrole nitrogens is 1. The minimum Gasteiger partial charge on any atom is -0.493 e. The molecule has 10 heteroatoms. The molecule has 0 saturated carbocycles. The molecule has 32 heavy (non-hydrogen) atoms. The molecule has 9 nitrogen and oxygen atoms in total. The van der Waals surface area contributed by atoms with E-state index in [0.29, 0.717) is 27.9 Å². The topological polar surface area (TPSA) is 107 Å². The van der Waals surface area contributed by atoms with Gasteiger partial charge in [-0.15, -0.1) is 0 Å². The van der Waals surface area contributed by atoms with E-state index in [-0.39, 0.29) is 16.6 Å². The Morgan fingerprint density at radius 3 is 2.38 bits per heavy atom. The molecule has 0 aliphatic carbocycles. The molecule has 164 valence electrons. The Kier molecular flexibility index (Phi) is 5.50. The summed E-state index contributed by atoms with van der Waals surface area (Å²) < 4.78 is 12.9. The van der Waals surface area contributed by atoms with Gasteiger partial charge in [0.1, 0.15) is 5.52 Å². The number of carbonyl (C=O) groups excluding carboxylic acids is 1. The smallest absolute Gasteiger partial charge is 0.333 e. The quantitative estimate of drug-likeness (QED) is 0.482. The lowest BCUT2D eigenvalue weighted by Gasteiger charge is -2.10. The van der Waals surface area contributed by atoms with Crippen LogP contribution in [0.5, 0.6) is 11.5 Å². The number of ether oxygens (including phenoxy) is 2.